The van der Waals surface area contributed by atoms with Crippen molar-refractivity contribution < 1.29 is 9.84 Å². The van der Waals surface area contributed by atoms with Crippen LogP contribution in [0.25, 0.3) is 0 Å². The van der Waals surface area contributed by atoms with Gasteiger partial charge >= 0.3 is 0 Å². The van der Waals surface area contributed by atoms with E-state index in [-0.39, 0.29) is 6.04 Å². The van der Waals surface area contributed by atoms with Gasteiger partial charge in [0.15, 0.2) is 0 Å². The van der Waals surface area contributed by atoms with Crippen LogP contribution in [0.1, 0.15) is 25.5 Å². The number of rotatable bonds is 5. The number of aliphatic hydroxyl groups is 1. The highest BCUT2D eigenvalue weighted by molar-refractivity contribution is 6.33. The topological polar surface area (TPSA) is 32.7 Å². The third-order valence-corrected chi connectivity index (χ3v) is 3.21. The molecule has 0 spiro atoms. The number of methoxy groups -OCH3 is 1. The second kappa shape index (κ2) is 6.24. The maximum atomic E-state index is 9.48. The van der Waals surface area contributed by atoms with Crippen LogP contribution in [-0.4, -0.2) is 31.9 Å². The Morgan fingerprint density at radius 3 is 2.53 bits per heavy atom. The normalized spacial score (nSPS) is 14.5. The quantitative estimate of drug-likeness (QED) is 0.881. The molecular weight excluding hydrogens is 238 g/mol. The van der Waals surface area contributed by atoms with Gasteiger partial charge < -0.3 is 14.7 Å². The van der Waals surface area contributed by atoms with Crippen molar-refractivity contribution in [2.24, 2.45) is 0 Å². The second-order valence-corrected chi connectivity index (χ2v) is 4.71. The highest BCUT2D eigenvalue weighted by atomic mass is 35.5. The number of nitrogens with zero attached hydrogens (tertiary/aromatic N) is 1. The molecule has 17 heavy (non-hydrogen) atoms. The zero-order valence-corrected chi connectivity index (χ0v) is 11.5. The fourth-order valence-corrected chi connectivity index (χ4v) is 1.98. The average molecular weight is 258 g/mol. The van der Waals surface area contributed by atoms with Crippen molar-refractivity contribution in [1.82, 2.24) is 0 Å². The second-order valence-electron chi connectivity index (χ2n) is 4.30. The van der Waals surface area contributed by atoms with Crippen molar-refractivity contribution in [3.05, 3.63) is 28.8 Å². The van der Waals surface area contributed by atoms with Crippen molar-refractivity contribution in [2.45, 2.75) is 26.0 Å². The molecule has 0 saturated carbocycles. The van der Waals surface area contributed by atoms with Crippen molar-refractivity contribution in [3.8, 4) is 0 Å². The molecule has 4 heteroatoms. The minimum Gasteiger partial charge on any atom is -0.389 e. The Labute approximate surface area is 108 Å². The third-order valence-electron chi connectivity index (χ3n) is 2.90. The summed E-state index contributed by atoms with van der Waals surface area (Å²) in [5, 5.41) is 10.1. The molecule has 1 rings (SSSR count). The van der Waals surface area contributed by atoms with Crippen LogP contribution in [0.2, 0.25) is 5.02 Å². The number of hydrogen-bond donors (Lipinski definition) is 1. The largest absolute Gasteiger partial charge is 0.389 e. The molecule has 0 radical (unpaired) electrons. The molecule has 3 nitrogen and oxygen atoms in total. The van der Waals surface area contributed by atoms with Gasteiger partial charge in [0.1, 0.15) is 0 Å². The van der Waals surface area contributed by atoms with Gasteiger partial charge in [0.2, 0.25) is 0 Å². The van der Waals surface area contributed by atoms with E-state index in [0.29, 0.717) is 11.6 Å². The maximum absolute atomic E-state index is 9.48. The number of anilines is 1. The summed E-state index contributed by atoms with van der Waals surface area (Å²) < 4.78 is 5.12. The van der Waals surface area contributed by atoms with Gasteiger partial charge in [-0.3, -0.25) is 0 Å². The van der Waals surface area contributed by atoms with Crippen LogP contribution in [-0.2, 0) is 4.74 Å². The van der Waals surface area contributed by atoms with E-state index >= 15 is 0 Å². The highest BCUT2D eigenvalue weighted by Crippen LogP contribution is 2.29. The molecular formula is C13H20ClNO2. The first-order valence-electron chi connectivity index (χ1n) is 5.66. The first-order chi connectivity index (χ1) is 7.97. The van der Waals surface area contributed by atoms with Gasteiger partial charge in [0.05, 0.1) is 23.4 Å². The molecule has 1 N–H and O–H groups in total. The molecule has 2 unspecified atom stereocenters. The summed E-state index contributed by atoms with van der Waals surface area (Å²) in [6.07, 6.45) is -0.497. The van der Waals surface area contributed by atoms with Crippen molar-refractivity contribution in [1.29, 1.82) is 0 Å². The molecule has 0 heterocycles. The fraction of sp³-hybridized carbons (Fsp3) is 0.538. The average Bonchev–Trinajstić information content (AvgIpc) is 2.28. The molecule has 0 amide bonds. The highest BCUT2D eigenvalue weighted by Gasteiger charge is 2.14. The fourth-order valence-electron chi connectivity index (χ4n) is 1.66. The molecule has 1 aromatic carbocycles. The molecule has 0 fully saturated rings. The van der Waals surface area contributed by atoms with Crippen LogP contribution in [0.5, 0.6) is 0 Å². The van der Waals surface area contributed by atoms with Gasteiger partial charge in [-0.2, -0.15) is 0 Å². The standard InChI is InChI=1S/C13H20ClNO2/c1-9(8-17-4)15(3)13-6-5-11(10(2)16)7-12(13)14/h5-7,9-10,16H,8H2,1-4H3. The monoisotopic (exact) mass is 257 g/mol. The summed E-state index contributed by atoms with van der Waals surface area (Å²) in [6, 6.07) is 5.87. The maximum Gasteiger partial charge on any atom is 0.0762 e. The van der Waals surface area contributed by atoms with E-state index in [1.165, 1.54) is 0 Å². The van der Waals surface area contributed by atoms with Crippen molar-refractivity contribution >= 4 is 17.3 Å². The van der Waals surface area contributed by atoms with Crippen molar-refractivity contribution in [2.75, 3.05) is 25.7 Å². The first kappa shape index (κ1) is 14.3. The third kappa shape index (κ3) is 3.60. The summed E-state index contributed by atoms with van der Waals surface area (Å²) in [4.78, 5) is 2.07. The van der Waals surface area contributed by atoms with Gasteiger partial charge in [-0.1, -0.05) is 17.7 Å². The van der Waals surface area contributed by atoms with Gasteiger partial charge in [-0.05, 0) is 31.5 Å². The van der Waals surface area contributed by atoms with E-state index in [0.717, 1.165) is 11.3 Å². The predicted molar refractivity (Wildman–Crippen MR) is 71.8 cm³/mol. The van der Waals surface area contributed by atoms with E-state index in [2.05, 4.69) is 11.8 Å². The van der Waals surface area contributed by atoms with Crippen LogP contribution in [0, 0.1) is 0 Å². The van der Waals surface area contributed by atoms with Gasteiger partial charge in [0.25, 0.3) is 0 Å². The summed E-state index contributed by atoms with van der Waals surface area (Å²) in [6.45, 7) is 4.44. The SMILES string of the molecule is COCC(C)N(C)c1ccc(C(C)O)cc1Cl. The van der Waals surface area contributed by atoms with Crippen LogP contribution >= 0.6 is 11.6 Å². The van der Waals surface area contributed by atoms with E-state index < -0.39 is 6.10 Å². The molecule has 0 aliphatic rings. The Morgan fingerprint density at radius 2 is 2.06 bits per heavy atom. The number of hydrogen-bond acceptors (Lipinski definition) is 3. The molecule has 0 aliphatic heterocycles. The number of halogens is 1. The van der Waals surface area contributed by atoms with Crippen molar-refractivity contribution in [3.63, 3.8) is 0 Å². The van der Waals surface area contributed by atoms with Gasteiger partial charge in [-0.25, -0.2) is 0 Å². The van der Waals surface area contributed by atoms with Crippen LogP contribution in [0.3, 0.4) is 0 Å². The molecule has 0 aliphatic carbocycles. The summed E-state index contributed by atoms with van der Waals surface area (Å²) in [5.74, 6) is 0. The zero-order valence-electron chi connectivity index (χ0n) is 10.8. The lowest BCUT2D eigenvalue weighted by molar-refractivity contribution is 0.183. The van der Waals surface area contributed by atoms with E-state index in [4.69, 9.17) is 16.3 Å². The van der Waals surface area contributed by atoms with Crippen LogP contribution < -0.4 is 4.90 Å². The lowest BCUT2D eigenvalue weighted by Gasteiger charge is -2.27. The molecule has 96 valence electrons. The Morgan fingerprint density at radius 1 is 1.41 bits per heavy atom. The number of likely N-dealkylation sites (N-methyl/N-ethyl adjacent to an activating group) is 1. The summed E-state index contributed by atoms with van der Waals surface area (Å²) in [5.41, 5.74) is 1.77. The summed E-state index contributed by atoms with van der Waals surface area (Å²) in [7, 11) is 3.66. The van der Waals surface area contributed by atoms with E-state index in [9.17, 15) is 5.11 Å². The van der Waals surface area contributed by atoms with E-state index in [1.54, 1.807) is 20.1 Å². The molecule has 1 aromatic rings. The molecule has 0 bridgehead atoms. The Balaban J connectivity index is 2.91. The molecule has 2 atom stereocenters. The number of aliphatic hydroxyl groups excluding tert-OH is 1. The number of ether oxygens (including phenoxy) is 1. The minimum absolute atomic E-state index is 0.245. The number of benzene rings is 1. The van der Waals surface area contributed by atoms with Gasteiger partial charge in [-0.15, -0.1) is 0 Å². The smallest absolute Gasteiger partial charge is 0.0762 e. The Kier molecular flexibility index (Phi) is 5.25. The molecule has 0 aromatic heterocycles. The molecule has 0 saturated heterocycles. The summed E-state index contributed by atoms with van der Waals surface area (Å²) >= 11 is 6.22. The predicted octanol–water partition coefficient (Wildman–Crippen LogP) is 2.86. The Hall–Kier alpha value is -0.770. The minimum atomic E-state index is -0.497. The zero-order chi connectivity index (χ0) is 13.0. The van der Waals surface area contributed by atoms with Crippen LogP contribution in [0.15, 0.2) is 18.2 Å². The lowest BCUT2D eigenvalue weighted by Crippen LogP contribution is -2.32. The lowest BCUT2D eigenvalue weighted by atomic mass is 10.1. The first-order valence-corrected chi connectivity index (χ1v) is 6.04. The Bertz CT molecular complexity index is 368. The van der Waals surface area contributed by atoms with Crippen LogP contribution in [0.4, 0.5) is 5.69 Å². The van der Waals surface area contributed by atoms with Gasteiger partial charge in [0, 0.05) is 20.2 Å². The van der Waals surface area contributed by atoms with E-state index in [1.807, 2.05) is 19.2 Å².